The number of hydrogen-bond donors (Lipinski definition) is 0. The largest absolute Gasteiger partial charge is 0.347 e. The molecular weight excluding hydrogens is 551 g/mol. The van der Waals surface area contributed by atoms with Crippen LogP contribution in [0.5, 0.6) is 0 Å². The minimum atomic E-state index is -0.440. The lowest BCUT2D eigenvalue weighted by atomic mass is 9.92. The SMILES string of the molecule is CC[C@@H]1CC[C@@H](C(=O)N(C)C)N1C(=O)C1=C(C(C)C)N2C(=N[C@@H](c3ccc(Cl)cc3)[C@H]2c2ccc(Cl)cc2)S1. The van der Waals surface area contributed by atoms with E-state index in [1.807, 2.05) is 53.4 Å². The van der Waals surface area contributed by atoms with E-state index < -0.39 is 6.04 Å². The fourth-order valence-electron chi connectivity index (χ4n) is 5.94. The van der Waals surface area contributed by atoms with Crippen LogP contribution in [0, 0.1) is 5.92 Å². The average Bonchev–Trinajstić information content (AvgIpc) is 3.60. The topological polar surface area (TPSA) is 56.2 Å². The van der Waals surface area contributed by atoms with E-state index in [1.165, 1.54) is 11.8 Å². The molecule has 3 heterocycles. The number of likely N-dealkylation sites (N-methyl/N-ethyl adjacent to an activating group) is 1. The van der Waals surface area contributed by atoms with Crippen molar-refractivity contribution in [2.75, 3.05) is 14.1 Å². The minimum absolute atomic E-state index is 0.0197. The summed E-state index contributed by atoms with van der Waals surface area (Å²) in [4.78, 5) is 39.0. The van der Waals surface area contributed by atoms with Gasteiger partial charge in [-0.2, -0.15) is 0 Å². The summed E-state index contributed by atoms with van der Waals surface area (Å²) in [6, 6.07) is 15.0. The van der Waals surface area contributed by atoms with E-state index in [4.69, 9.17) is 28.2 Å². The lowest BCUT2D eigenvalue weighted by Gasteiger charge is -2.33. The Labute approximate surface area is 245 Å². The number of amidine groups is 1. The molecule has 6 nitrogen and oxygen atoms in total. The van der Waals surface area contributed by atoms with Gasteiger partial charge in [-0.15, -0.1) is 0 Å². The van der Waals surface area contributed by atoms with Gasteiger partial charge in [0.15, 0.2) is 5.17 Å². The van der Waals surface area contributed by atoms with Gasteiger partial charge in [-0.1, -0.05) is 68.2 Å². The predicted octanol–water partition coefficient (Wildman–Crippen LogP) is 6.92. The summed E-state index contributed by atoms with van der Waals surface area (Å²) in [5.74, 6) is -0.0227. The van der Waals surface area contributed by atoms with E-state index in [2.05, 4.69) is 25.7 Å². The summed E-state index contributed by atoms with van der Waals surface area (Å²) in [6.07, 6.45) is 2.33. The first-order chi connectivity index (χ1) is 18.6. The number of hydrogen-bond acceptors (Lipinski definition) is 5. The normalized spacial score (nSPS) is 24.5. The van der Waals surface area contributed by atoms with Crippen molar-refractivity contribution in [1.82, 2.24) is 14.7 Å². The van der Waals surface area contributed by atoms with E-state index in [0.717, 1.165) is 34.8 Å². The van der Waals surface area contributed by atoms with Gasteiger partial charge < -0.3 is 14.7 Å². The van der Waals surface area contributed by atoms with Gasteiger partial charge in [0.2, 0.25) is 5.91 Å². The van der Waals surface area contributed by atoms with Gasteiger partial charge in [0.05, 0.1) is 6.04 Å². The molecule has 9 heteroatoms. The molecular formula is C30H34Cl2N4O2S. The van der Waals surface area contributed by atoms with Crippen molar-refractivity contribution in [2.24, 2.45) is 10.9 Å². The second-order valence-electron chi connectivity index (χ2n) is 10.8. The third-order valence-electron chi connectivity index (χ3n) is 7.82. The van der Waals surface area contributed by atoms with E-state index in [0.29, 0.717) is 21.4 Å². The second-order valence-corrected chi connectivity index (χ2v) is 12.7. The van der Waals surface area contributed by atoms with Crippen LogP contribution in [0.3, 0.4) is 0 Å². The Bertz CT molecular complexity index is 1320. The van der Waals surface area contributed by atoms with Crippen LogP contribution in [0.25, 0.3) is 0 Å². The number of likely N-dealkylation sites (tertiary alicyclic amines) is 1. The van der Waals surface area contributed by atoms with E-state index in [1.54, 1.807) is 19.0 Å². The number of fused-ring (bicyclic) bond motifs is 1. The first kappa shape index (κ1) is 28.1. The van der Waals surface area contributed by atoms with Crippen LogP contribution in [0.2, 0.25) is 10.0 Å². The van der Waals surface area contributed by atoms with Crippen LogP contribution in [0.4, 0.5) is 0 Å². The molecule has 0 radical (unpaired) electrons. The van der Waals surface area contributed by atoms with Crippen molar-refractivity contribution >= 4 is 51.9 Å². The van der Waals surface area contributed by atoms with Crippen molar-refractivity contribution in [1.29, 1.82) is 0 Å². The highest BCUT2D eigenvalue weighted by Crippen LogP contribution is 2.54. The van der Waals surface area contributed by atoms with Gasteiger partial charge in [-0.25, -0.2) is 0 Å². The fourth-order valence-corrected chi connectivity index (χ4v) is 7.49. The van der Waals surface area contributed by atoms with Gasteiger partial charge >= 0.3 is 0 Å². The van der Waals surface area contributed by atoms with Gasteiger partial charge in [0.25, 0.3) is 5.91 Å². The number of halogens is 2. The van der Waals surface area contributed by atoms with Crippen LogP contribution in [-0.4, -0.2) is 57.9 Å². The van der Waals surface area contributed by atoms with Gasteiger partial charge in [0.1, 0.15) is 17.0 Å². The zero-order valence-corrected chi connectivity index (χ0v) is 25.2. The summed E-state index contributed by atoms with van der Waals surface area (Å²) in [5.41, 5.74) is 3.08. The zero-order chi connectivity index (χ0) is 28.0. The summed E-state index contributed by atoms with van der Waals surface area (Å²) in [7, 11) is 3.51. The first-order valence-corrected chi connectivity index (χ1v) is 15.0. The number of nitrogens with zero attached hydrogens (tertiary/aromatic N) is 4. The molecule has 4 atom stereocenters. The molecule has 39 heavy (non-hydrogen) atoms. The Kier molecular flexibility index (Phi) is 8.05. The predicted molar refractivity (Wildman–Crippen MR) is 160 cm³/mol. The highest BCUT2D eigenvalue weighted by Gasteiger charge is 2.50. The summed E-state index contributed by atoms with van der Waals surface area (Å²) >= 11 is 13.9. The van der Waals surface area contributed by atoms with Crippen LogP contribution in [0.1, 0.15) is 63.2 Å². The number of amides is 2. The molecule has 5 rings (SSSR count). The number of rotatable bonds is 6. The molecule has 2 aromatic rings. The molecule has 0 aliphatic carbocycles. The molecule has 2 amide bonds. The smallest absolute Gasteiger partial charge is 0.263 e. The van der Waals surface area contributed by atoms with Crippen molar-refractivity contribution in [3.05, 3.63) is 80.3 Å². The lowest BCUT2D eigenvalue weighted by molar-refractivity contribution is -0.141. The number of benzene rings is 2. The standard InChI is InChI=1S/C30H34Cl2N4O2S/c1-6-22-15-16-23(28(37)34(4)5)35(22)29(38)27-25(17(2)3)36-26(19-9-13-21(32)14-10-19)24(33-30(36)39-27)18-7-11-20(31)12-8-18/h7-14,17,22-24,26H,6,15-16H2,1-5H3/t22-,23+,24+,26-/m1/s1. The second kappa shape index (κ2) is 11.2. The van der Waals surface area contributed by atoms with E-state index >= 15 is 0 Å². The number of carbonyl (C=O) groups excluding carboxylic acids is 2. The van der Waals surface area contributed by atoms with Crippen molar-refractivity contribution < 1.29 is 9.59 Å². The van der Waals surface area contributed by atoms with E-state index in [9.17, 15) is 9.59 Å². The molecule has 1 saturated heterocycles. The quantitative estimate of drug-likeness (QED) is 0.370. The minimum Gasteiger partial charge on any atom is -0.347 e. The number of allylic oxidation sites excluding steroid dienone is 1. The number of aliphatic imine (C=N–C) groups is 1. The summed E-state index contributed by atoms with van der Waals surface area (Å²) < 4.78 is 0. The van der Waals surface area contributed by atoms with Crippen LogP contribution >= 0.6 is 35.0 Å². The third-order valence-corrected chi connectivity index (χ3v) is 9.39. The maximum absolute atomic E-state index is 14.3. The van der Waals surface area contributed by atoms with E-state index in [-0.39, 0.29) is 35.9 Å². The fraction of sp³-hybridized carbons (Fsp3) is 0.433. The molecule has 1 fully saturated rings. The Morgan fingerprint density at radius 1 is 1.00 bits per heavy atom. The summed E-state index contributed by atoms with van der Waals surface area (Å²) in [5, 5.41) is 2.16. The first-order valence-electron chi connectivity index (χ1n) is 13.5. The maximum Gasteiger partial charge on any atom is 0.263 e. The molecule has 3 aliphatic heterocycles. The Balaban J connectivity index is 1.59. The van der Waals surface area contributed by atoms with Gasteiger partial charge in [0, 0.05) is 35.9 Å². The molecule has 0 aromatic heterocycles. The van der Waals surface area contributed by atoms with Crippen LogP contribution in [-0.2, 0) is 9.59 Å². The van der Waals surface area contributed by atoms with Gasteiger partial charge in [-0.3, -0.25) is 14.6 Å². The van der Waals surface area contributed by atoms with Crippen molar-refractivity contribution in [3.63, 3.8) is 0 Å². The molecule has 0 unspecified atom stereocenters. The number of carbonyl (C=O) groups is 2. The average molecular weight is 586 g/mol. The Morgan fingerprint density at radius 3 is 2.13 bits per heavy atom. The molecule has 0 bridgehead atoms. The van der Waals surface area contributed by atoms with Crippen LogP contribution in [0.15, 0.2) is 64.1 Å². The Hall–Kier alpha value is -2.48. The maximum atomic E-state index is 14.3. The summed E-state index contributed by atoms with van der Waals surface area (Å²) in [6.45, 7) is 6.32. The molecule has 0 spiro atoms. The molecule has 2 aromatic carbocycles. The number of thioether (sulfide) groups is 1. The zero-order valence-electron chi connectivity index (χ0n) is 22.9. The monoisotopic (exact) mass is 584 g/mol. The third kappa shape index (κ3) is 5.09. The highest BCUT2D eigenvalue weighted by atomic mass is 35.5. The van der Waals surface area contributed by atoms with Crippen molar-refractivity contribution in [2.45, 2.75) is 64.2 Å². The lowest BCUT2D eigenvalue weighted by Crippen LogP contribution is -2.48. The molecule has 3 aliphatic rings. The van der Waals surface area contributed by atoms with Crippen molar-refractivity contribution in [3.8, 4) is 0 Å². The molecule has 0 saturated carbocycles. The Morgan fingerprint density at radius 2 is 1.59 bits per heavy atom. The van der Waals surface area contributed by atoms with Crippen LogP contribution < -0.4 is 0 Å². The van der Waals surface area contributed by atoms with Gasteiger partial charge in [-0.05, 0) is 72.3 Å². The highest BCUT2D eigenvalue weighted by molar-refractivity contribution is 8.18. The molecule has 0 N–H and O–H groups in total. The molecule has 206 valence electrons.